The van der Waals surface area contributed by atoms with Crippen molar-refractivity contribution >= 4 is 11.8 Å². The molecule has 0 aromatic carbocycles. The second kappa shape index (κ2) is 4.44. The highest BCUT2D eigenvalue weighted by Crippen LogP contribution is 2.20. The van der Waals surface area contributed by atoms with Crippen molar-refractivity contribution in [3.63, 3.8) is 0 Å². The summed E-state index contributed by atoms with van der Waals surface area (Å²) in [6, 6.07) is -0.303. The van der Waals surface area contributed by atoms with Gasteiger partial charge in [-0.3, -0.25) is 9.59 Å². The Bertz CT molecular complexity index is 297. The van der Waals surface area contributed by atoms with Gasteiger partial charge in [0, 0.05) is 6.54 Å². The summed E-state index contributed by atoms with van der Waals surface area (Å²) in [5, 5.41) is 2.78. The summed E-state index contributed by atoms with van der Waals surface area (Å²) < 4.78 is 0. The Morgan fingerprint density at radius 2 is 1.94 bits per heavy atom. The Morgan fingerprint density at radius 1 is 1.38 bits per heavy atom. The maximum Gasteiger partial charge on any atom is 0.248 e. The number of nitrogens with zero attached hydrogens (tertiary/aromatic N) is 1. The molecular weight excluding hydrogens is 204 g/mol. The largest absolute Gasteiger partial charge is 0.340 e. The molecule has 0 saturated carbocycles. The molecule has 0 aliphatic carbocycles. The highest BCUT2D eigenvalue weighted by molar-refractivity contribution is 5.99. The molecule has 0 aromatic heterocycles. The second-order valence-corrected chi connectivity index (χ2v) is 5.39. The van der Waals surface area contributed by atoms with Crippen LogP contribution in [0.4, 0.5) is 0 Å². The predicted octanol–water partition coefficient (Wildman–Crippen LogP) is 1.16. The van der Waals surface area contributed by atoms with Crippen LogP contribution in [0, 0.1) is 5.92 Å². The fourth-order valence-electron chi connectivity index (χ4n) is 2.10. The maximum absolute atomic E-state index is 12.2. The third-order valence-corrected chi connectivity index (χ3v) is 2.86. The van der Waals surface area contributed by atoms with Gasteiger partial charge in [-0.1, -0.05) is 20.8 Å². The molecule has 1 N–H and O–H groups in total. The van der Waals surface area contributed by atoms with E-state index in [4.69, 9.17) is 0 Å². The molecule has 1 fully saturated rings. The molecule has 0 aromatic rings. The third-order valence-electron chi connectivity index (χ3n) is 2.86. The monoisotopic (exact) mass is 226 g/mol. The van der Waals surface area contributed by atoms with Crippen molar-refractivity contribution in [1.29, 1.82) is 0 Å². The standard InChI is InChI=1S/C12H22N2O2/c1-6-9-10(15)13-12(4,5)11(16)14(9)7-8(2)3/h8-9H,6-7H2,1-5H3,(H,13,15). The van der Waals surface area contributed by atoms with Crippen molar-refractivity contribution in [2.45, 2.75) is 52.6 Å². The average Bonchev–Trinajstić information content (AvgIpc) is 2.13. The highest BCUT2D eigenvalue weighted by Gasteiger charge is 2.44. The van der Waals surface area contributed by atoms with Gasteiger partial charge in [0.15, 0.2) is 0 Å². The summed E-state index contributed by atoms with van der Waals surface area (Å²) in [5.74, 6) is 0.361. The van der Waals surface area contributed by atoms with Crippen LogP contribution in [0.2, 0.25) is 0 Å². The molecule has 4 heteroatoms. The number of hydrogen-bond donors (Lipinski definition) is 1. The summed E-state index contributed by atoms with van der Waals surface area (Å²) in [6.45, 7) is 10.2. The number of carbonyl (C=O) groups is 2. The van der Waals surface area contributed by atoms with Gasteiger partial charge in [-0.25, -0.2) is 0 Å². The first-order valence-corrected chi connectivity index (χ1v) is 5.92. The van der Waals surface area contributed by atoms with E-state index in [2.05, 4.69) is 19.2 Å². The van der Waals surface area contributed by atoms with Gasteiger partial charge in [0.1, 0.15) is 11.6 Å². The molecule has 1 rings (SSSR count). The van der Waals surface area contributed by atoms with E-state index in [-0.39, 0.29) is 17.9 Å². The molecule has 1 heterocycles. The van der Waals surface area contributed by atoms with E-state index >= 15 is 0 Å². The molecule has 4 nitrogen and oxygen atoms in total. The molecule has 2 amide bonds. The lowest BCUT2D eigenvalue weighted by Gasteiger charge is -2.43. The second-order valence-electron chi connectivity index (χ2n) is 5.39. The lowest BCUT2D eigenvalue weighted by molar-refractivity contribution is -0.154. The Hall–Kier alpha value is -1.06. The summed E-state index contributed by atoms with van der Waals surface area (Å²) in [4.78, 5) is 25.8. The molecule has 1 unspecified atom stereocenters. The third kappa shape index (κ3) is 2.36. The van der Waals surface area contributed by atoms with Gasteiger partial charge in [-0.15, -0.1) is 0 Å². The first-order chi connectivity index (χ1) is 7.29. The fourth-order valence-corrected chi connectivity index (χ4v) is 2.10. The lowest BCUT2D eigenvalue weighted by Crippen LogP contribution is -2.68. The van der Waals surface area contributed by atoms with Gasteiger partial charge < -0.3 is 10.2 Å². The number of hydrogen-bond acceptors (Lipinski definition) is 2. The first-order valence-electron chi connectivity index (χ1n) is 5.92. The van der Waals surface area contributed by atoms with Crippen LogP contribution >= 0.6 is 0 Å². The van der Waals surface area contributed by atoms with Crippen LogP contribution < -0.4 is 5.32 Å². The van der Waals surface area contributed by atoms with E-state index in [1.54, 1.807) is 18.7 Å². The van der Waals surface area contributed by atoms with E-state index < -0.39 is 5.54 Å². The van der Waals surface area contributed by atoms with Gasteiger partial charge >= 0.3 is 0 Å². The smallest absolute Gasteiger partial charge is 0.248 e. The van der Waals surface area contributed by atoms with E-state index in [0.29, 0.717) is 18.9 Å². The molecule has 1 atom stereocenters. The topological polar surface area (TPSA) is 49.4 Å². The SMILES string of the molecule is CCC1C(=O)NC(C)(C)C(=O)N1CC(C)C. The van der Waals surface area contributed by atoms with Crippen LogP contribution in [0.5, 0.6) is 0 Å². The Kier molecular flexibility index (Phi) is 3.61. The van der Waals surface area contributed by atoms with Crippen molar-refractivity contribution in [2.24, 2.45) is 5.92 Å². The summed E-state index contributed by atoms with van der Waals surface area (Å²) in [5.41, 5.74) is -0.766. The zero-order valence-electron chi connectivity index (χ0n) is 10.8. The van der Waals surface area contributed by atoms with E-state index in [1.807, 2.05) is 6.92 Å². The van der Waals surface area contributed by atoms with E-state index in [1.165, 1.54) is 0 Å². The van der Waals surface area contributed by atoms with Gasteiger partial charge in [-0.2, -0.15) is 0 Å². The van der Waals surface area contributed by atoms with Crippen molar-refractivity contribution in [2.75, 3.05) is 6.54 Å². The van der Waals surface area contributed by atoms with Crippen LogP contribution in [0.25, 0.3) is 0 Å². The molecule has 1 aliphatic rings. The van der Waals surface area contributed by atoms with Crippen molar-refractivity contribution < 1.29 is 9.59 Å². The number of nitrogens with one attached hydrogen (secondary N) is 1. The highest BCUT2D eigenvalue weighted by atomic mass is 16.2. The number of amides is 2. The quantitative estimate of drug-likeness (QED) is 0.785. The summed E-state index contributed by atoms with van der Waals surface area (Å²) >= 11 is 0. The lowest BCUT2D eigenvalue weighted by atomic mass is 9.95. The zero-order valence-corrected chi connectivity index (χ0v) is 10.8. The molecule has 16 heavy (non-hydrogen) atoms. The zero-order chi connectivity index (χ0) is 12.5. The van der Waals surface area contributed by atoms with Gasteiger partial charge in [0.05, 0.1) is 0 Å². The first kappa shape index (κ1) is 13.0. The minimum absolute atomic E-state index is 0.0210. The molecular formula is C12H22N2O2. The van der Waals surface area contributed by atoms with E-state index in [0.717, 1.165) is 0 Å². The number of rotatable bonds is 3. The van der Waals surface area contributed by atoms with Gasteiger partial charge in [0.2, 0.25) is 11.8 Å². The Morgan fingerprint density at radius 3 is 2.38 bits per heavy atom. The molecule has 0 radical (unpaired) electrons. The van der Waals surface area contributed by atoms with Crippen molar-refractivity contribution in [1.82, 2.24) is 10.2 Å². The molecule has 92 valence electrons. The van der Waals surface area contributed by atoms with Gasteiger partial charge in [0.25, 0.3) is 0 Å². The summed E-state index contributed by atoms with van der Waals surface area (Å²) in [6.07, 6.45) is 0.667. The minimum Gasteiger partial charge on any atom is -0.340 e. The average molecular weight is 226 g/mol. The molecule has 0 spiro atoms. The summed E-state index contributed by atoms with van der Waals surface area (Å²) in [7, 11) is 0. The van der Waals surface area contributed by atoms with Crippen LogP contribution in [0.3, 0.4) is 0 Å². The Labute approximate surface area is 97.4 Å². The van der Waals surface area contributed by atoms with Gasteiger partial charge in [-0.05, 0) is 26.2 Å². The molecule has 1 aliphatic heterocycles. The van der Waals surface area contributed by atoms with Crippen molar-refractivity contribution in [3.05, 3.63) is 0 Å². The van der Waals surface area contributed by atoms with Crippen LogP contribution in [-0.4, -0.2) is 34.8 Å². The minimum atomic E-state index is -0.766. The normalized spacial score (nSPS) is 24.9. The molecule has 1 saturated heterocycles. The van der Waals surface area contributed by atoms with E-state index in [9.17, 15) is 9.59 Å². The molecule has 0 bridgehead atoms. The Balaban J connectivity index is 2.96. The fraction of sp³-hybridized carbons (Fsp3) is 0.833. The van der Waals surface area contributed by atoms with Crippen LogP contribution in [0.1, 0.15) is 41.0 Å². The number of carbonyl (C=O) groups excluding carboxylic acids is 2. The predicted molar refractivity (Wildman–Crippen MR) is 62.9 cm³/mol. The maximum atomic E-state index is 12.2. The van der Waals surface area contributed by atoms with Crippen molar-refractivity contribution in [3.8, 4) is 0 Å². The van der Waals surface area contributed by atoms with Crippen LogP contribution in [-0.2, 0) is 9.59 Å². The number of piperazine rings is 1. The van der Waals surface area contributed by atoms with Crippen LogP contribution in [0.15, 0.2) is 0 Å².